The van der Waals surface area contributed by atoms with Gasteiger partial charge in [-0.25, -0.2) is 14.4 Å². The molecule has 6 N–H and O–H groups in total. The molecule has 15 nitrogen and oxygen atoms in total. The minimum absolute atomic E-state index is 0. The maximum absolute atomic E-state index is 11.4. The summed E-state index contributed by atoms with van der Waals surface area (Å²) in [6.07, 6.45) is -8.06. The molecular formula is C13H16K2O15. The molecule has 0 radical (unpaired) electrons. The third kappa shape index (κ3) is 12.5. The van der Waals surface area contributed by atoms with Crippen LogP contribution < -0.4 is 103 Å². The molecule has 0 bridgehead atoms. The van der Waals surface area contributed by atoms with E-state index in [1.54, 1.807) is 0 Å². The molecule has 2 atom stereocenters. The largest absolute Gasteiger partial charge is 1.00 e. The van der Waals surface area contributed by atoms with Gasteiger partial charge in [0.2, 0.25) is 0 Å². The van der Waals surface area contributed by atoms with Gasteiger partial charge in [-0.2, -0.15) is 0 Å². The third-order valence-corrected chi connectivity index (χ3v) is 2.95. The number of aliphatic carboxylic acids is 4. The Morgan fingerprint density at radius 1 is 0.600 bits per heavy atom. The molecule has 160 valence electrons. The van der Waals surface area contributed by atoms with Crippen LogP contribution in [0.5, 0.6) is 0 Å². The first kappa shape index (κ1) is 34.3. The van der Waals surface area contributed by atoms with Crippen LogP contribution >= 0.6 is 0 Å². The summed E-state index contributed by atoms with van der Waals surface area (Å²) < 4.78 is 7.64. The summed E-state index contributed by atoms with van der Waals surface area (Å²) in [4.78, 5) is 76.7. The van der Waals surface area contributed by atoms with Crippen LogP contribution in [-0.4, -0.2) is 83.8 Å². The Labute approximate surface area is 254 Å². The van der Waals surface area contributed by atoms with Crippen molar-refractivity contribution in [1.82, 2.24) is 0 Å². The minimum Gasteiger partial charge on any atom is -1.00 e. The van der Waals surface area contributed by atoms with E-state index >= 15 is 0 Å². The SMILES string of the molecule is O=C(O)CC(O)(CC(=O)OC(=O)OC(=O)CC(O)(CC(=O)O)C(=O)O)C(=O)O.[H-].[H-].[K+].[K+]. The van der Waals surface area contributed by atoms with E-state index in [0.717, 1.165) is 0 Å². The van der Waals surface area contributed by atoms with Crippen LogP contribution in [0.25, 0.3) is 0 Å². The number of carbonyl (C=O) groups is 7. The van der Waals surface area contributed by atoms with Crippen molar-refractivity contribution < 1.29 is 179 Å². The van der Waals surface area contributed by atoms with Crippen molar-refractivity contribution in [3.05, 3.63) is 0 Å². The van der Waals surface area contributed by atoms with Gasteiger partial charge in [-0.05, 0) is 0 Å². The Morgan fingerprint density at radius 2 is 0.867 bits per heavy atom. The van der Waals surface area contributed by atoms with E-state index in [2.05, 4.69) is 9.47 Å². The smallest absolute Gasteiger partial charge is 1.00 e. The Bertz CT molecular complexity index is 672. The van der Waals surface area contributed by atoms with E-state index in [4.69, 9.17) is 20.4 Å². The Hall–Kier alpha value is -0.317. The van der Waals surface area contributed by atoms with Crippen LogP contribution in [0.15, 0.2) is 0 Å². The van der Waals surface area contributed by atoms with Crippen molar-refractivity contribution in [3.63, 3.8) is 0 Å². The average Bonchev–Trinajstić information content (AvgIpc) is 2.43. The molecule has 0 aromatic heterocycles. The molecule has 0 aliphatic heterocycles. The van der Waals surface area contributed by atoms with Crippen LogP contribution in [0.1, 0.15) is 28.5 Å². The third-order valence-electron chi connectivity index (χ3n) is 2.95. The molecule has 0 aliphatic carbocycles. The van der Waals surface area contributed by atoms with Gasteiger partial charge in [-0.1, -0.05) is 0 Å². The molecule has 0 amide bonds. The van der Waals surface area contributed by atoms with Crippen molar-refractivity contribution in [2.45, 2.75) is 36.9 Å². The summed E-state index contributed by atoms with van der Waals surface area (Å²) in [5, 5.41) is 53.6. The first-order chi connectivity index (χ1) is 12.6. The van der Waals surface area contributed by atoms with Crippen LogP contribution in [0.3, 0.4) is 0 Å². The zero-order chi connectivity index (χ0) is 22.3. The topological polar surface area (TPSA) is 259 Å². The fourth-order valence-corrected chi connectivity index (χ4v) is 1.68. The molecule has 2 unspecified atom stereocenters. The Morgan fingerprint density at radius 3 is 1.07 bits per heavy atom. The number of rotatable bonds is 10. The molecule has 17 heteroatoms. The molecular weight excluding hydrogens is 474 g/mol. The van der Waals surface area contributed by atoms with Gasteiger partial charge < -0.3 is 43.0 Å². The molecule has 30 heavy (non-hydrogen) atoms. The fraction of sp³-hybridized carbons (Fsp3) is 0.462. The monoisotopic (exact) mass is 490 g/mol. The number of carboxylic acid groups (broad SMARTS) is 4. The van der Waals surface area contributed by atoms with Gasteiger partial charge >= 0.3 is 145 Å². The first-order valence-electron chi connectivity index (χ1n) is 6.92. The van der Waals surface area contributed by atoms with Crippen LogP contribution in [0, 0.1) is 0 Å². The molecule has 0 saturated carbocycles. The number of carboxylic acids is 4. The molecule has 0 saturated heterocycles. The van der Waals surface area contributed by atoms with E-state index in [1.165, 1.54) is 0 Å². The minimum atomic E-state index is -3.14. The van der Waals surface area contributed by atoms with E-state index in [1.807, 2.05) is 0 Å². The zero-order valence-corrected chi connectivity index (χ0v) is 21.9. The summed E-state index contributed by atoms with van der Waals surface area (Å²) in [6.45, 7) is 0. The van der Waals surface area contributed by atoms with Gasteiger partial charge in [-0.3, -0.25) is 19.2 Å². The summed E-state index contributed by atoms with van der Waals surface area (Å²) in [6, 6.07) is 0. The normalized spacial score (nSPS) is 13.7. The summed E-state index contributed by atoms with van der Waals surface area (Å²) in [7, 11) is 0. The summed E-state index contributed by atoms with van der Waals surface area (Å²) in [5.41, 5.74) is -6.28. The molecule has 0 aliphatic rings. The summed E-state index contributed by atoms with van der Waals surface area (Å²) in [5.74, 6) is -11.5. The maximum Gasteiger partial charge on any atom is 1.00 e. The quantitative estimate of drug-likeness (QED) is 0.0943. The van der Waals surface area contributed by atoms with Gasteiger partial charge in [-0.15, -0.1) is 0 Å². The number of hydrogen-bond acceptors (Lipinski definition) is 11. The molecule has 0 spiro atoms. The van der Waals surface area contributed by atoms with Crippen molar-refractivity contribution in [2.75, 3.05) is 0 Å². The van der Waals surface area contributed by atoms with Crippen molar-refractivity contribution in [1.29, 1.82) is 0 Å². The number of esters is 2. The van der Waals surface area contributed by atoms with E-state index in [0.29, 0.717) is 0 Å². The van der Waals surface area contributed by atoms with Crippen molar-refractivity contribution >= 4 is 42.0 Å². The summed E-state index contributed by atoms with van der Waals surface area (Å²) >= 11 is 0. The van der Waals surface area contributed by atoms with Gasteiger partial charge in [0.25, 0.3) is 0 Å². The molecule has 0 fully saturated rings. The zero-order valence-electron chi connectivity index (χ0n) is 17.7. The Balaban J connectivity index is -0.000000607. The fourth-order valence-electron chi connectivity index (χ4n) is 1.68. The molecule has 0 heterocycles. The van der Waals surface area contributed by atoms with Crippen LogP contribution in [0.2, 0.25) is 0 Å². The number of hydrogen-bond donors (Lipinski definition) is 6. The van der Waals surface area contributed by atoms with E-state index in [9.17, 15) is 43.8 Å². The predicted molar refractivity (Wildman–Crippen MR) is 78.7 cm³/mol. The first-order valence-corrected chi connectivity index (χ1v) is 6.92. The van der Waals surface area contributed by atoms with Gasteiger partial charge in [0, 0.05) is 0 Å². The van der Waals surface area contributed by atoms with Gasteiger partial charge in [0.1, 0.15) is 0 Å². The maximum atomic E-state index is 11.4. The molecule has 0 rings (SSSR count). The van der Waals surface area contributed by atoms with Crippen LogP contribution in [0.4, 0.5) is 4.79 Å². The predicted octanol–water partition coefficient (Wildman–Crippen LogP) is -8.21. The van der Waals surface area contributed by atoms with Crippen molar-refractivity contribution in [2.24, 2.45) is 0 Å². The Kier molecular flexibility index (Phi) is 16.8. The average molecular weight is 490 g/mol. The van der Waals surface area contributed by atoms with Crippen molar-refractivity contribution in [3.8, 4) is 0 Å². The van der Waals surface area contributed by atoms with Gasteiger partial charge in [0.15, 0.2) is 11.2 Å². The number of aliphatic hydroxyl groups is 2. The van der Waals surface area contributed by atoms with Gasteiger partial charge in [0.05, 0.1) is 25.7 Å². The second kappa shape index (κ2) is 14.7. The standard InChI is InChI=1S/C13H14O15.2K.2H/c14-5(15)1-12(25,9(20)21)3-7(18)27-11(24)28-8(19)4-13(26,10(22)23)2-6(16)17;;;;/h25-26H,1-4H2,(H,14,15)(H,16,17)(H,20,21)(H,22,23);;;;/q;2*+1;2*-1. The van der Waals surface area contributed by atoms with Crippen LogP contribution in [-0.2, 0) is 38.2 Å². The van der Waals surface area contributed by atoms with E-state index < -0.39 is 78.9 Å². The second-order valence-electron chi connectivity index (χ2n) is 5.37. The second-order valence-corrected chi connectivity index (χ2v) is 5.37. The van der Waals surface area contributed by atoms with E-state index in [-0.39, 0.29) is 106 Å². The number of ether oxygens (including phenoxy) is 2. The molecule has 0 aromatic carbocycles. The number of carbonyl (C=O) groups excluding carboxylic acids is 3. The molecule has 0 aromatic rings.